The van der Waals surface area contributed by atoms with Crippen LogP contribution >= 0.6 is 11.8 Å². The van der Waals surface area contributed by atoms with Crippen molar-refractivity contribution in [3.05, 3.63) is 59.7 Å². The Balaban J connectivity index is 1.56. The van der Waals surface area contributed by atoms with E-state index in [1.54, 1.807) is 4.68 Å². The first kappa shape index (κ1) is 17.2. The van der Waals surface area contributed by atoms with Crippen LogP contribution in [0.3, 0.4) is 0 Å². The topological polar surface area (TPSA) is 72.7 Å². The quantitative estimate of drug-likeness (QED) is 0.688. The summed E-state index contributed by atoms with van der Waals surface area (Å²) in [6.45, 7) is 4.03. The number of tetrazole rings is 1. The molecule has 128 valence electrons. The van der Waals surface area contributed by atoms with Gasteiger partial charge in [-0.25, -0.2) is 0 Å². The lowest BCUT2D eigenvalue weighted by atomic mass is 10.2. The number of anilines is 1. The molecule has 3 rings (SSSR count). The molecule has 0 radical (unpaired) electrons. The summed E-state index contributed by atoms with van der Waals surface area (Å²) in [6.07, 6.45) is 0.388. The lowest BCUT2D eigenvalue weighted by molar-refractivity contribution is -0.115. The smallest absolute Gasteiger partial charge is 0.225 e. The molecule has 0 fully saturated rings. The molecule has 1 aromatic heterocycles. The first-order valence-electron chi connectivity index (χ1n) is 7.97. The number of aryl methyl sites for hydroxylation is 2. The minimum absolute atomic E-state index is 0.0220. The average Bonchev–Trinajstić information content (AvgIpc) is 3.06. The van der Waals surface area contributed by atoms with E-state index in [0.29, 0.717) is 17.3 Å². The van der Waals surface area contributed by atoms with Crippen LogP contribution in [-0.4, -0.2) is 31.9 Å². The zero-order valence-corrected chi connectivity index (χ0v) is 15.0. The second-order valence-electron chi connectivity index (χ2n) is 5.67. The summed E-state index contributed by atoms with van der Waals surface area (Å²) in [7, 11) is 0. The van der Waals surface area contributed by atoms with Gasteiger partial charge in [0.05, 0.1) is 5.69 Å². The third-order valence-corrected chi connectivity index (χ3v) is 4.60. The van der Waals surface area contributed by atoms with Gasteiger partial charge in [-0.3, -0.25) is 4.79 Å². The van der Waals surface area contributed by atoms with Crippen molar-refractivity contribution in [3.8, 4) is 5.69 Å². The molecule has 0 atom stereocenters. The number of hydrogen-bond acceptors (Lipinski definition) is 5. The number of benzene rings is 2. The van der Waals surface area contributed by atoms with E-state index in [9.17, 15) is 4.79 Å². The molecule has 0 saturated carbocycles. The fraction of sp³-hybridized carbons (Fsp3) is 0.222. The molecule has 0 saturated heterocycles. The van der Waals surface area contributed by atoms with Crippen LogP contribution in [0.1, 0.15) is 17.5 Å². The zero-order valence-electron chi connectivity index (χ0n) is 14.1. The standard InChI is InChI=1S/C18H19N5OS/c1-13-7-9-15(10-8-13)19-17(24)11-12-25-18-20-21-22-23(18)16-6-4-3-5-14(16)2/h3-10H,11-12H2,1-2H3,(H,19,24). The van der Waals surface area contributed by atoms with E-state index >= 15 is 0 Å². The van der Waals surface area contributed by atoms with Crippen LogP contribution in [0, 0.1) is 13.8 Å². The molecule has 0 bridgehead atoms. The summed E-state index contributed by atoms with van der Waals surface area (Å²) in [5.74, 6) is 0.579. The van der Waals surface area contributed by atoms with Crippen molar-refractivity contribution >= 4 is 23.4 Å². The summed E-state index contributed by atoms with van der Waals surface area (Å²) in [6, 6.07) is 15.7. The fourth-order valence-corrected chi connectivity index (χ4v) is 3.14. The second-order valence-corrected chi connectivity index (χ2v) is 6.73. The van der Waals surface area contributed by atoms with Crippen LogP contribution < -0.4 is 5.32 Å². The number of carbonyl (C=O) groups excluding carboxylic acids is 1. The van der Waals surface area contributed by atoms with E-state index in [1.807, 2.05) is 62.4 Å². The molecular formula is C18H19N5OS. The third-order valence-electron chi connectivity index (χ3n) is 3.68. The first-order valence-corrected chi connectivity index (χ1v) is 8.96. The third kappa shape index (κ3) is 4.45. The molecule has 0 aliphatic rings. The molecule has 2 aromatic carbocycles. The molecule has 6 nitrogen and oxygen atoms in total. The Morgan fingerprint density at radius 3 is 2.64 bits per heavy atom. The minimum Gasteiger partial charge on any atom is -0.326 e. The van der Waals surface area contributed by atoms with Gasteiger partial charge in [-0.2, -0.15) is 4.68 Å². The van der Waals surface area contributed by atoms with Crippen LogP contribution in [0.15, 0.2) is 53.7 Å². The van der Waals surface area contributed by atoms with Gasteiger partial charge in [0.25, 0.3) is 0 Å². The van der Waals surface area contributed by atoms with Gasteiger partial charge in [0.1, 0.15) is 0 Å². The number of nitrogens with zero attached hydrogens (tertiary/aromatic N) is 4. The van der Waals surface area contributed by atoms with Crippen LogP contribution in [0.2, 0.25) is 0 Å². The van der Waals surface area contributed by atoms with Gasteiger partial charge in [0.2, 0.25) is 11.1 Å². The lowest BCUT2D eigenvalue weighted by Gasteiger charge is -2.07. The highest BCUT2D eigenvalue weighted by Gasteiger charge is 2.11. The average molecular weight is 353 g/mol. The Hall–Kier alpha value is -2.67. The van der Waals surface area contributed by atoms with Crippen molar-refractivity contribution < 1.29 is 4.79 Å². The van der Waals surface area contributed by atoms with Gasteiger partial charge in [-0.15, -0.1) is 5.10 Å². The van der Waals surface area contributed by atoms with Gasteiger partial charge in [-0.1, -0.05) is 47.7 Å². The van der Waals surface area contributed by atoms with Gasteiger partial charge >= 0.3 is 0 Å². The van der Waals surface area contributed by atoms with E-state index in [4.69, 9.17) is 0 Å². The SMILES string of the molecule is Cc1ccc(NC(=O)CCSc2nnnn2-c2ccccc2C)cc1. The predicted molar refractivity (Wildman–Crippen MR) is 99.0 cm³/mol. The zero-order chi connectivity index (χ0) is 17.6. The molecule has 0 aliphatic heterocycles. The number of thioether (sulfide) groups is 1. The maximum Gasteiger partial charge on any atom is 0.225 e. The van der Waals surface area contributed by atoms with Crippen molar-refractivity contribution in [2.24, 2.45) is 0 Å². The second kappa shape index (κ2) is 7.94. The fourth-order valence-electron chi connectivity index (χ4n) is 2.32. The van der Waals surface area contributed by atoms with Crippen LogP contribution in [0.25, 0.3) is 5.69 Å². The molecule has 25 heavy (non-hydrogen) atoms. The van der Waals surface area contributed by atoms with Crippen molar-refractivity contribution in [2.75, 3.05) is 11.1 Å². The summed E-state index contributed by atoms with van der Waals surface area (Å²) in [5, 5.41) is 15.4. The number of carbonyl (C=O) groups is 1. The maximum atomic E-state index is 12.1. The first-order chi connectivity index (χ1) is 12.1. The van der Waals surface area contributed by atoms with Crippen molar-refractivity contribution in [1.82, 2.24) is 20.2 Å². The molecule has 1 amide bonds. The number of para-hydroxylation sites is 1. The summed E-state index contributed by atoms with van der Waals surface area (Å²) < 4.78 is 1.71. The Morgan fingerprint density at radius 1 is 1.12 bits per heavy atom. The summed E-state index contributed by atoms with van der Waals surface area (Å²) >= 11 is 1.46. The highest BCUT2D eigenvalue weighted by molar-refractivity contribution is 7.99. The maximum absolute atomic E-state index is 12.1. The monoisotopic (exact) mass is 353 g/mol. The number of nitrogens with one attached hydrogen (secondary N) is 1. The summed E-state index contributed by atoms with van der Waals surface area (Å²) in [5.41, 5.74) is 4.01. The highest BCUT2D eigenvalue weighted by atomic mass is 32.2. The minimum atomic E-state index is -0.0220. The summed E-state index contributed by atoms with van der Waals surface area (Å²) in [4.78, 5) is 12.1. The normalized spacial score (nSPS) is 10.6. The van der Waals surface area contributed by atoms with E-state index < -0.39 is 0 Å². The van der Waals surface area contributed by atoms with Crippen LogP contribution in [-0.2, 0) is 4.79 Å². The number of aromatic nitrogens is 4. The van der Waals surface area contributed by atoms with E-state index in [-0.39, 0.29) is 5.91 Å². The lowest BCUT2D eigenvalue weighted by Crippen LogP contribution is -2.12. The van der Waals surface area contributed by atoms with Gasteiger partial charge in [0.15, 0.2) is 0 Å². The Bertz CT molecular complexity index is 860. The predicted octanol–water partition coefficient (Wildman–Crippen LogP) is 3.40. The number of hydrogen-bond donors (Lipinski definition) is 1. The molecule has 1 N–H and O–H groups in total. The Morgan fingerprint density at radius 2 is 1.88 bits per heavy atom. The van der Waals surface area contributed by atoms with Crippen LogP contribution in [0.5, 0.6) is 0 Å². The molecule has 7 heteroatoms. The number of rotatable bonds is 6. The molecule has 0 aliphatic carbocycles. The van der Waals surface area contributed by atoms with Crippen LogP contribution in [0.4, 0.5) is 5.69 Å². The molecule has 1 heterocycles. The Labute approximate surface area is 150 Å². The van der Waals surface area contributed by atoms with E-state index in [2.05, 4.69) is 20.8 Å². The largest absolute Gasteiger partial charge is 0.326 e. The Kier molecular flexibility index (Phi) is 5.45. The van der Waals surface area contributed by atoms with Gasteiger partial charge in [-0.05, 0) is 48.0 Å². The van der Waals surface area contributed by atoms with Crippen molar-refractivity contribution in [3.63, 3.8) is 0 Å². The van der Waals surface area contributed by atoms with Crippen molar-refractivity contribution in [1.29, 1.82) is 0 Å². The molecule has 0 spiro atoms. The van der Waals surface area contributed by atoms with Gasteiger partial charge < -0.3 is 5.32 Å². The van der Waals surface area contributed by atoms with Crippen molar-refractivity contribution in [2.45, 2.75) is 25.4 Å². The molecule has 3 aromatic rings. The number of amides is 1. The molecule has 0 unspecified atom stereocenters. The van der Waals surface area contributed by atoms with E-state index in [0.717, 1.165) is 22.5 Å². The highest BCUT2D eigenvalue weighted by Crippen LogP contribution is 2.21. The van der Waals surface area contributed by atoms with Gasteiger partial charge in [0, 0.05) is 17.9 Å². The van der Waals surface area contributed by atoms with E-state index in [1.165, 1.54) is 11.8 Å². The molecular weight excluding hydrogens is 334 g/mol.